The Morgan fingerprint density at radius 3 is 2.67 bits per heavy atom. The summed E-state index contributed by atoms with van der Waals surface area (Å²) in [5, 5.41) is 2.63. The zero-order valence-electron chi connectivity index (χ0n) is 10.5. The minimum absolute atomic E-state index is 0.118. The Balaban J connectivity index is 2.42. The highest BCUT2D eigenvalue weighted by molar-refractivity contribution is 7.91. The van der Waals surface area contributed by atoms with E-state index in [1.165, 1.54) is 0 Å². The first-order valence-electron chi connectivity index (χ1n) is 5.84. The number of hydrogen-bond donors (Lipinski definition) is 1. The van der Waals surface area contributed by atoms with Crippen LogP contribution in [0.2, 0.25) is 0 Å². The monoisotopic (exact) mass is 283 g/mol. The number of benzene rings is 1. The normalized spacial score (nSPS) is 12.4. The third kappa shape index (κ3) is 2.58. The fourth-order valence-corrected chi connectivity index (χ4v) is 3.89. The van der Waals surface area contributed by atoms with Crippen LogP contribution in [0.4, 0.5) is 0 Å². The van der Waals surface area contributed by atoms with Gasteiger partial charge in [-0.2, -0.15) is 0 Å². The fraction of sp³-hybridized carbons (Fsp3) is 0.385. The van der Waals surface area contributed by atoms with Crippen molar-refractivity contribution < 1.29 is 8.42 Å². The Morgan fingerprint density at radius 2 is 2.06 bits per heavy atom. The summed E-state index contributed by atoms with van der Waals surface area (Å²) in [5.74, 6) is 0.118. The molecule has 3 nitrogen and oxygen atoms in total. The molecule has 0 bridgehead atoms. The average molecular weight is 283 g/mol. The molecule has 2 N–H and O–H groups in total. The SMILES string of the molecule is CC(C)S(=O)(=O)Cc1csc2cc(CN)ccc12. The summed E-state index contributed by atoms with van der Waals surface area (Å²) < 4.78 is 25.0. The lowest BCUT2D eigenvalue weighted by molar-refractivity contribution is 0.587. The lowest BCUT2D eigenvalue weighted by atomic mass is 10.1. The molecule has 0 fully saturated rings. The van der Waals surface area contributed by atoms with Gasteiger partial charge in [-0.25, -0.2) is 8.42 Å². The van der Waals surface area contributed by atoms with Crippen molar-refractivity contribution in [1.82, 2.24) is 0 Å². The standard InChI is InChI=1S/C13H17NO2S2/c1-9(2)18(15,16)8-11-7-17-13-5-10(6-14)3-4-12(11)13/h3-5,7,9H,6,8,14H2,1-2H3. The van der Waals surface area contributed by atoms with Crippen molar-refractivity contribution in [3.63, 3.8) is 0 Å². The van der Waals surface area contributed by atoms with E-state index in [1.54, 1.807) is 25.2 Å². The van der Waals surface area contributed by atoms with Crippen LogP contribution in [0.1, 0.15) is 25.0 Å². The molecule has 0 unspecified atom stereocenters. The van der Waals surface area contributed by atoms with Crippen molar-refractivity contribution in [2.24, 2.45) is 5.73 Å². The van der Waals surface area contributed by atoms with Crippen LogP contribution in [0, 0.1) is 0 Å². The van der Waals surface area contributed by atoms with E-state index in [-0.39, 0.29) is 11.0 Å². The lowest BCUT2D eigenvalue weighted by Gasteiger charge is -2.06. The van der Waals surface area contributed by atoms with E-state index in [9.17, 15) is 8.42 Å². The van der Waals surface area contributed by atoms with E-state index in [4.69, 9.17) is 5.73 Å². The molecule has 0 spiro atoms. The average Bonchev–Trinajstić information content (AvgIpc) is 2.71. The predicted molar refractivity (Wildman–Crippen MR) is 77.5 cm³/mol. The molecule has 0 aliphatic carbocycles. The summed E-state index contributed by atoms with van der Waals surface area (Å²) >= 11 is 1.58. The van der Waals surface area contributed by atoms with Crippen LogP contribution < -0.4 is 5.73 Å². The van der Waals surface area contributed by atoms with Crippen molar-refractivity contribution >= 4 is 31.3 Å². The van der Waals surface area contributed by atoms with Crippen LogP contribution in [0.3, 0.4) is 0 Å². The fourth-order valence-electron chi connectivity index (χ4n) is 1.75. The molecular weight excluding hydrogens is 266 g/mol. The van der Waals surface area contributed by atoms with E-state index in [0.29, 0.717) is 6.54 Å². The van der Waals surface area contributed by atoms with Gasteiger partial charge in [0, 0.05) is 11.2 Å². The van der Waals surface area contributed by atoms with E-state index in [1.807, 2.05) is 23.6 Å². The van der Waals surface area contributed by atoms with Crippen LogP contribution in [0.25, 0.3) is 10.1 Å². The molecule has 0 amide bonds. The maximum absolute atomic E-state index is 11.9. The first kappa shape index (κ1) is 13.5. The number of nitrogens with two attached hydrogens (primary N) is 1. The number of hydrogen-bond acceptors (Lipinski definition) is 4. The molecule has 0 saturated heterocycles. The Kier molecular flexibility index (Phi) is 3.75. The van der Waals surface area contributed by atoms with Gasteiger partial charge in [-0.05, 0) is 41.8 Å². The molecular formula is C13H17NO2S2. The summed E-state index contributed by atoms with van der Waals surface area (Å²) in [5.41, 5.74) is 7.57. The van der Waals surface area contributed by atoms with Crippen molar-refractivity contribution in [3.8, 4) is 0 Å². The molecule has 0 saturated carbocycles. The number of thiophene rings is 1. The second kappa shape index (κ2) is 4.99. The molecule has 0 aliphatic heterocycles. The Labute approximate surface area is 112 Å². The van der Waals surface area contributed by atoms with Crippen molar-refractivity contribution in [2.45, 2.75) is 31.4 Å². The van der Waals surface area contributed by atoms with E-state index >= 15 is 0 Å². The molecule has 0 aliphatic rings. The Morgan fingerprint density at radius 1 is 1.33 bits per heavy atom. The van der Waals surface area contributed by atoms with Gasteiger partial charge >= 0.3 is 0 Å². The first-order valence-corrected chi connectivity index (χ1v) is 8.44. The zero-order chi connectivity index (χ0) is 13.3. The van der Waals surface area contributed by atoms with Gasteiger partial charge in [-0.3, -0.25) is 0 Å². The molecule has 0 radical (unpaired) electrons. The molecule has 2 rings (SSSR count). The van der Waals surface area contributed by atoms with Gasteiger partial charge in [0.1, 0.15) is 0 Å². The quantitative estimate of drug-likeness (QED) is 0.938. The van der Waals surface area contributed by atoms with Gasteiger partial charge in [-0.1, -0.05) is 12.1 Å². The van der Waals surface area contributed by atoms with Gasteiger partial charge in [0.15, 0.2) is 9.84 Å². The summed E-state index contributed by atoms with van der Waals surface area (Å²) in [6.45, 7) is 3.94. The second-order valence-electron chi connectivity index (χ2n) is 4.65. The highest BCUT2D eigenvalue weighted by atomic mass is 32.2. The largest absolute Gasteiger partial charge is 0.326 e. The molecule has 1 heterocycles. The number of fused-ring (bicyclic) bond motifs is 1. The van der Waals surface area contributed by atoms with Crippen LogP contribution >= 0.6 is 11.3 Å². The van der Waals surface area contributed by atoms with Gasteiger partial charge in [-0.15, -0.1) is 11.3 Å². The Bertz CT molecular complexity index is 657. The van der Waals surface area contributed by atoms with Crippen LogP contribution in [0.5, 0.6) is 0 Å². The second-order valence-corrected chi connectivity index (χ2v) is 8.12. The third-order valence-electron chi connectivity index (χ3n) is 3.03. The van der Waals surface area contributed by atoms with Crippen molar-refractivity contribution in [1.29, 1.82) is 0 Å². The molecule has 98 valence electrons. The Hall–Kier alpha value is -0.910. The maximum atomic E-state index is 11.9. The highest BCUT2D eigenvalue weighted by Crippen LogP contribution is 2.29. The number of rotatable bonds is 4. The van der Waals surface area contributed by atoms with Crippen LogP contribution in [0.15, 0.2) is 23.6 Å². The molecule has 2 aromatic rings. The topological polar surface area (TPSA) is 60.2 Å². The maximum Gasteiger partial charge on any atom is 0.156 e. The smallest absolute Gasteiger partial charge is 0.156 e. The van der Waals surface area contributed by atoms with Crippen molar-refractivity contribution in [2.75, 3.05) is 0 Å². The van der Waals surface area contributed by atoms with Gasteiger partial charge < -0.3 is 5.73 Å². The van der Waals surface area contributed by atoms with Crippen LogP contribution in [-0.2, 0) is 22.1 Å². The highest BCUT2D eigenvalue weighted by Gasteiger charge is 2.18. The van der Waals surface area contributed by atoms with Crippen LogP contribution in [-0.4, -0.2) is 13.7 Å². The van der Waals surface area contributed by atoms with Gasteiger partial charge in [0.05, 0.1) is 11.0 Å². The molecule has 5 heteroatoms. The van der Waals surface area contributed by atoms with E-state index in [2.05, 4.69) is 0 Å². The molecule has 1 aromatic carbocycles. The van der Waals surface area contributed by atoms with Crippen molar-refractivity contribution in [3.05, 3.63) is 34.7 Å². The summed E-state index contributed by atoms with van der Waals surface area (Å²) in [6, 6.07) is 5.96. The molecule has 0 atom stereocenters. The predicted octanol–water partition coefficient (Wildman–Crippen LogP) is 2.68. The van der Waals surface area contributed by atoms with E-state index < -0.39 is 9.84 Å². The minimum atomic E-state index is -3.05. The lowest BCUT2D eigenvalue weighted by Crippen LogP contribution is -2.15. The summed E-state index contributed by atoms with van der Waals surface area (Å²) in [4.78, 5) is 0. The molecule has 1 aromatic heterocycles. The molecule has 18 heavy (non-hydrogen) atoms. The number of sulfone groups is 1. The minimum Gasteiger partial charge on any atom is -0.326 e. The van der Waals surface area contributed by atoms with E-state index in [0.717, 1.165) is 21.2 Å². The summed E-state index contributed by atoms with van der Waals surface area (Å²) in [7, 11) is -3.05. The van der Waals surface area contributed by atoms with Gasteiger partial charge in [0.2, 0.25) is 0 Å². The van der Waals surface area contributed by atoms with Gasteiger partial charge in [0.25, 0.3) is 0 Å². The zero-order valence-corrected chi connectivity index (χ0v) is 12.1. The third-order valence-corrected chi connectivity index (χ3v) is 6.17. The first-order chi connectivity index (χ1) is 8.44. The summed E-state index contributed by atoms with van der Waals surface area (Å²) in [6.07, 6.45) is 0.